The molecule has 2 rings (SSSR count). The van der Waals surface area contributed by atoms with Crippen molar-refractivity contribution in [3.05, 3.63) is 24.5 Å². The summed E-state index contributed by atoms with van der Waals surface area (Å²) in [4.78, 5) is 6.57. The minimum atomic E-state index is 0.419. The Bertz CT molecular complexity index is 389. The van der Waals surface area contributed by atoms with E-state index in [1.54, 1.807) is 0 Å². The van der Waals surface area contributed by atoms with Gasteiger partial charge in [-0.15, -0.1) is 0 Å². The van der Waals surface area contributed by atoms with Gasteiger partial charge in [0, 0.05) is 48.5 Å². The fraction of sp³-hybridized carbons (Fsp3) is 0.706. The zero-order valence-electron chi connectivity index (χ0n) is 13.6. The van der Waals surface area contributed by atoms with Gasteiger partial charge >= 0.3 is 0 Å². The molecule has 1 aliphatic rings. The van der Waals surface area contributed by atoms with Gasteiger partial charge in [-0.1, -0.05) is 13.8 Å². The first kappa shape index (κ1) is 16.6. The molecule has 0 amide bonds. The molecule has 2 heterocycles. The van der Waals surface area contributed by atoms with Crippen LogP contribution in [-0.4, -0.2) is 41.7 Å². The Morgan fingerprint density at radius 3 is 2.38 bits per heavy atom. The van der Waals surface area contributed by atoms with E-state index in [2.05, 4.69) is 47.4 Å². The lowest BCUT2D eigenvalue weighted by Gasteiger charge is -2.37. The molecule has 118 valence electrons. The number of aromatic nitrogens is 1. The van der Waals surface area contributed by atoms with Crippen molar-refractivity contribution in [2.75, 3.05) is 30.8 Å². The van der Waals surface area contributed by atoms with Crippen molar-refractivity contribution >= 4 is 17.4 Å². The van der Waals surface area contributed by atoms with E-state index in [0.717, 1.165) is 19.6 Å². The Kier molecular flexibility index (Phi) is 6.37. The van der Waals surface area contributed by atoms with E-state index in [0.29, 0.717) is 10.8 Å². The summed E-state index contributed by atoms with van der Waals surface area (Å²) in [6.07, 6.45) is 11.0. The van der Waals surface area contributed by atoms with Crippen molar-refractivity contribution in [2.45, 2.75) is 50.3 Å². The molecule has 0 aromatic carbocycles. The highest BCUT2D eigenvalue weighted by molar-refractivity contribution is 8.00. The van der Waals surface area contributed by atoms with E-state index in [1.165, 1.54) is 31.4 Å². The predicted molar refractivity (Wildman–Crippen MR) is 94.3 cm³/mol. The van der Waals surface area contributed by atoms with Crippen LogP contribution >= 0.6 is 11.8 Å². The third-order valence-corrected chi connectivity index (χ3v) is 6.55. The fourth-order valence-corrected chi connectivity index (χ4v) is 3.89. The van der Waals surface area contributed by atoms with Gasteiger partial charge in [-0.3, -0.25) is 4.98 Å². The van der Waals surface area contributed by atoms with Crippen molar-refractivity contribution in [1.29, 1.82) is 0 Å². The van der Waals surface area contributed by atoms with Crippen molar-refractivity contribution in [3.8, 4) is 0 Å². The van der Waals surface area contributed by atoms with E-state index in [9.17, 15) is 0 Å². The monoisotopic (exact) mass is 307 g/mol. The summed E-state index contributed by atoms with van der Waals surface area (Å²) in [5.41, 5.74) is 1.31. The Morgan fingerprint density at radius 1 is 1.24 bits per heavy atom. The molecule has 0 spiro atoms. The molecule has 0 radical (unpaired) electrons. The lowest BCUT2D eigenvalue weighted by Crippen LogP contribution is -2.47. The summed E-state index contributed by atoms with van der Waals surface area (Å²) in [6, 6.07) is 4.90. The normalized spacial score (nSPS) is 17.2. The lowest BCUT2D eigenvalue weighted by molar-refractivity contribution is 0.382. The number of nitrogens with zero attached hydrogens (tertiary/aromatic N) is 2. The van der Waals surface area contributed by atoms with Crippen LogP contribution in [0.25, 0.3) is 0 Å². The van der Waals surface area contributed by atoms with Crippen LogP contribution in [0.5, 0.6) is 0 Å². The molecule has 1 aliphatic heterocycles. The third kappa shape index (κ3) is 4.36. The number of hydrogen-bond donors (Lipinski definition) is 1. The quantitative estimate of drug-likeness (QED) is 0.833. The van der Waals surface area contributed by atoms with Crippen LogP contribution in [0, 0.1) is 0 Å². The van der Waals surface area contributed by atoms with Crippen LogP contribution in [0.15, 0.2) is 24.5 Å². The maximum Gasteiger partial charge on any atom is 0.0397 e. The Hall–Kier alpha value is -0.740. The van der Waals surface area contributed by atoms with Gasteiger partial charge in [-0.05, 0) is 44.1 Å². The molecule has 1 saturated heterocycles. The molecule has 1 aromatic heterocycles. The fourth-order valence-electron chi connectivity index (χ4n) is 3.09. The van der Waals surface area contributed by atoms with Crippen LogP contribution in [0.1, 0.15) is 39.5 Å². The summed E-state index contributed by atoms with van der Waals surface area (Å²) >= 11 is 2.02. The highest BCUT2D eigenvalue weighted by atomic mass is 32.2. The number of nitrogens with one attached hydrogen (secondary N) is 1. The molecular formula is C17H29N3S. The Labute approximate surface area is 133 Å². The van der Waals surface area contributed by atoms with E-state index in [-0.39, 0.29) is 0 Å². The van der Waals surface area contributed by atoms with Gasteiger partial charge in [0.1, 0.15) is 0 Å². The first-order chi connectivity index (χ1) is 10.2. The molecule has 0 unspecified atom stereocenters. The van der Waals surface area contributed by atoms with E-state index >= 15 is 0 Å². The van der Waals surface area contributed by atoms with Crippen molar-refractivity contribution < 1.29 is 0 Å². The molecule has 0 aliphatic carbocycles. The minimum absolute atomic E-state index is 0.419. The van der Waals surface area contributed by atoms with Crippen LogP contribution < -0.4 is 10.2 Å². The summed E-state index contributed by atoms with van der Waals surface area (Å²) in [7, 11) is 0. The molecule has 4 heteroatoms. The molecule has 1 aromatic rings. The number of anilines is 1. The zero-order chi connectivity index (χ0) is 15.1. The molecule has 1 fully saturated rings. The highest BCUT2D eigenvalue weighted by Gasteiger charge is 2.27. The lowest BCUT2D eigenvalue weighted by atomic mass is 9.99. The van der Waals surface area contributed by atoms with Gasteiger partial charge < -0.3 is 10.2 Å². The minimum Gasteiger partial charge on any atom is -0.371 e. The molecule has 21 heavy (non-hydrogen) atoms. The van der Waals surface area contributed by atoms with Crippen LogP contribution in [-0.2, 0) is 0 Å². The van der Waals surface area contributed by atoms with Crippen LogP contribution in [0.4, 0.5) is 5.69 Å². The van der Waals surface area contributed by atoms with Gasteiger partial charge in [-0.2, -0.15) is 11.8 Å². The molecule has 0 bridgehead atoms. The van der Waals surface area contributed by atoms with Crippen molar-refractivity contribution in [2.24, 2.45) is 0 Å². The summed E-state index contributed by atoms with van der Waals surface area (Å²) in [5.74, 6) is 0. The molecule has 3 nitrogen and oxygen atoms in total. The second-order valence-corrected chi connectivity index (χ2v) is 7.22. The van der Waals surface area contributed by atoms with E-state index in [1.807, 2.05) is 24.2 Å². The Morgan fingerprint density at radius 2 is 1.86 bits per heavy atom. The highest BCUT2D eigenvalue weighted by Crippen LogP contribution is 2.30. The predicted octanol–water partition coefficient (Wildman–Crippen LogP) is 3.56. The second-order valence-electron chi connectivity index (χ2n) is 5.94. The third-order valence-electron chi connectivity index (χ3n) is 4.96. The van der Waals surface area contributed by atoms with Crippen molar-refractivity contribution in [1.82, 2.24) is 10.3 Å². The first-order valence-electron chi connectivity index (χ1n) is 8.16. The van der Waals surface area contributed by atoms with Gasteiger partial charge in [-0.25, -0.2) is 0 Å². The van der Waals surface area contributed by atoms with Crippen LogP contribution in [0.2, 0.25) is 0 Å². The smallest absolute Gasteiger partial charge is 0.0397 e. The average molecular weight is 308 g/mol. The second kappa shape index (κ2) is 8.04. The molecule has 0 atom stereocenters. The zero-order valence-corrected chi connectivity index (χ0v) is 14.5. The van der Waals surface area contributed by atoms with Gasteiger partial charge in [0.05, 0.1) is 0 Å². The van der Waals surface area contributed by atoms with E-state index in [4.69, 9.17) is 0 Å². The standard InChI is InChI=1S/C17H29N3S/c1-4-17(5-2,21-3)14-19-15-8-12-20(13-9-15)16-6-10-18-11-7-16/h6-7,10-11,15,19H,4-5,8-9,12-14H2,1-3H3. The number of rotatable bonds is 7. The maximum absolute atomic E-state index is 4.10. The first-order valence-corrected chi connectivity index (χ1v) is 9.39. The summed E-state index contributed by atoms with van der Waals surface area (Å²) in [6.45, 7) is 8.06. The summed E-state index contributed by atoms with van der Waals surface area (Å²) in [5, 5.41) is 3.83. The van der Waals surface area contributed by atoms with Crippen molar-refractivity contribution in [3.63, 3.8) is 0 Å². The molecular weight excluding hydrogens is 278 g/mol. The molecule has 1 N–H and O–H groups in total. The van der Waals surface area contributed by atoms with Crippen LogP contribution in [0.3, 0.4) is 0 Å². The van der Waals surface area contributed by atoms with E-state index < -0.39 is 0 Å². The SMILES string of the molecule is CCC(CC)(CNC1CCN(c2ccncc2)CC1)SC. The number of hydrogen-bond acceptors (Lipinski definition) is 4. The largest absolute Gasteiger partial charge is 0.371 e. The number of thioether (sulfide) groups is 1. The average Bonchev–Trinajstić information content (AvgIpc) is 2.58. The van der Waals surface area contributed by atoms with Gasteiger partial charge in [0.2, 0.25) is 0 Å². The molecule has 0 saturated carbocycles. The summed E-state index contributed by atoms with van der Waals surface area (Å²) < 4.78 is 0.419. The Balaban J connectivity index is 1.79. The number of pyridine rings is 1. The number of piperidine rings is 1. The topological polar surface area (TPSA) is 28.2 Å². The van der Waals surface area contributed by atoms with Gasteiger partial charge in [0.25, 0.3) is 0 Å². The maximum atomic E-state index is 4.10. The van der Waals surface area contributed by atoms with Gasteiger partial charge in [0.15, 0.2) is 0 Å².